The van der Waals surface area contributed by atoms with Crippen LogP contribution in [0.15, 0.2) is 30.7 Å². The van der Waals surface area contributed by atoms with Gasteiger partial charge in [0.05, 0.1) is 18.2 Å². The Bertz CT molecular complexity index is 566. The van der Waals surface area contributed by atoms with Gasteiger partial charge in [-0.1, -0.05) is 17.7 Å². The molecule has 0 amide bonds. The van der Waals surface area contributed by atoms with E-state index in [2.05, 4.69) is 28.7 Å². The van der Waals surface area contributed by atoms with Crippen LogP contribution in [0.5, 0.6) is 5.75 Å². The highest BCUT2D eigenvalue weighted by molar-refractivity contribution is 6.31. The fraction of sp³-hybridized carbons (Fsp3) is 0.400. The number of hydrogen-bond donors (Lipinski definition) is 1. The van der Waals surface area contributed by atoms with Gasteiger partial charge in [0.25, 0.3) is 0 Å². The lowest BCUT2D eigenvalue weighted by Gasteiger charge is -2.15. The molecule has 2 rings (SSSR count). The lowest BCUT2D eigenvalue weighted by Crippen LogP contribution is -2.10. The number of imidazole rings is 1. The Hall–Kier alpha value is -1.52. The number of hydrogen-bond acceptors (Lipinski definition) is 3. The van der Waals surface area contributed by atoms with Gasteiger partial charge < -0.3 is 14.6 Å². The molecule has 0 fully saturated rings. The summed E-state index contributed by atoms with van der Waals surface area (Å²) in [6, 6.07) is 6.08. The van der Waals surface area contributed by atoms with Gasteiger partial charge in [-0.25, -0.2) is 4.98 Å². The van der Waals surface area contributed by atoms with Crippen LogP contribution < -0.4 is 10.1 Å². The van der Waals surface area contributed by atoms with E-state index in [0.717, 1.165) is 17.0 Å². The summed E-state index contributed by atoms with van der Waals surface area (Å²) in [6.07, 6.45) is 3.66. The third kappa shape index (κ3) is 3.32. The molecule has 4 nitrogen and oxygen atoms in total. The standard InChI is InChI=1S/C15H20ClN3O/c1-11(2)19-10-18-7-12(19)9-20-15-6-4-5-14(16)13(15)8-17-3/h4-7,10-11,17H,8-9H2,1-3H3. The molecule has 1 aromatic heterocycles. The number of ether oxygens (including phenoxy) is 1. The van der Waals surface area contributed by atoms with Crippen LogP contribution in [0.4, 0.5) is 0 Å². The zero-order valence-corrected chi connectivity index (χ0v) is 12.8. The molecule has 0 atom stereocenters. The second-order valence-corrected chi connectivity index (χ2v) is 5.33. The zero-order valence-electron chi connectivity index (χ0n) is 12.1. The first-order valence-electron chi connectivity index (χ1n) is 6.69. The van der Waals surface area contributed by atoms with Gasteiger partial charge in [0.2, 0.25) is 0 Å². The highest BCUT2D eigenvalue weighted by atomic mass is 35.5. The zero-order chi connectivity index (χ0) is 14.5. The number of nitrogens with zero attached hydrogens (tertiary/aromatic N) is 2. The van der Waals surface area contributed by atoms with E-state index in [1.807, 2.05) is 37.8 Å². The van der Waals surface area contributed by atoms with Crippen LogP contribution >= 0.6 is 11.6 Å². The van der Waals surface area contributed by atoms with Crippen molar-refractivity contribution in [2.45, 2.75) is 33.0 Å². The average Bonchev–Trinajstić information content (AvgIpc) is 2.88. The molecule has 0 radical (unpaired) electrons. The minimum Gasteiger partial charge on any atom is -0.487 e. The lowest BCUT2D eigenvalue weighted by atomic mass is 10.2. The van der Waals surface area contributed by atoms with Crippen molar-refractivity contribution in [1.82, 2.24) is 14.9 Å². The number of benzene rings is 1. The van der Waals surface area contributed by atoms with Gasteiger partial charge in [-0.15, -0.1) is 0 Å². The number of halogens is 1. The third-order valence-electron chi connectivity index (χ3n) is 3.11. The van der Waals surface area contributed by atoms with E-state index in [0.29, 0.717) is 24.2 Å². The van der Waals surface area contributed by atoms with Gasteiger partial charge in [0.1, 0.15) is 12.4 Å². The van der Waals surface area contributed by atoms with Crippen molar-refractivity contribution < 1.29 is 4.74 Å². The van der Waals surface area contributed by atoms with Gasteiger partial charge >= 0.3 is 0 Å². The summed E-state index contributed by atoms with van der Waals surface area (Å²) in [5.74, 6) is 0.809. The molecule has 0 bridgehead atoms. The van der Waals surface area contributed by atoms with Crippen LogP contribution in [0.2, 0.25) is 5.02 Å². The highest BCUT2D eigenvalue weighted by Crippen LogP contribution is 2.27. The fourth-order valence-electron chi connectivity index (χ4n) is 2.08. The van der Waals surface area contributed by atoms with Crippen LogP contribution in [0, 0.1) is 0 Å². The second-order valence-electron chi connectivity index (χ2n) is 4.92. The molecule has 5 heteroatoms. The van der Waals surface area contributed by atoms with Crippen molar-refractivity contribution in [3.63, 3.8) is 0 Å². The Balaban J connectivity index is 2.14. The van der Waals surface area contributed by atoms with E-state index in [9.17, 15) is 0 Å². The van der Waals surface area contributed by atoms with Crippen LogP contribution in [0.3, 0.4) is 0 Å². The van der Waals surface area contributed by atoms with E-state index in [-0.39, 0.29) is 0 Å². The SMILES string of the molecule is CNCc1c(Cl)cccc1OCc1cncn1C(C)C. The van der Waals surface area contributed by atoms with Crippen molar-refractivity contribution in [1.29, 1.82) is 0 Å². The Morgan fingerprint density at radius 1 is 1.40 bits per heavy atom. The Kier molecular flexibility index (Phi) is 5.04. The molecule has 1 aromatic carbocycles. The Morgan fingerprint density at radius 2 is 2.20 bits per heavy atom. The van der Waals surface area contributed by atoms with E-state index in [4.69, 9.17) is 16.3 Å². The van der Waals surface area contributed by atoms with Crippen molar-refractivity contribution in [3.8, 4) is 5.75 Å². The van der Waals surface area contributed by atoms with Gasteiger partial charge in [-0.3, -0.25) is 0 Å². The number of rotatable bonds is 6. The molecule has 1 N–H and O–H groups in total. The number of aromatic nitrogens is 2. The Morgan fingerprint density at radius 3 is 2.90 bits per heavy atom. The van der Waals surface area contributed by atoms with Crippen molar-refractivity contribution in [3.05, 3.63) is 47.0 Å². The largest absolute Gasteiger partial charge is 0.487 e. The maximum absolute atomic E-state index is 6.21. The maximum Gasteiger partial charge on any atom is 0.130 e. The quantitative estimate of drug-likeness (QED) is 0.887. The average molecular weight is 294 g/mol. The van der Waals surface area contributed by atoms with Crippen LogP contribution in [0.1, 0.15) is 31.1 Å². The molecule has 108 valence electrons. The predicted octanol–water partition coefficient (Wildman–Crippen LogP) is 3.42. The first kappa shape index (κ1) is 14.9. The van der Waals surface area contributed by atoms with Gasteiger partial charge in [0, 0.05) is 23.2 Å². The Labute approximate surface area is 124 Å². The summed E-state index contributed by atoms with van der Waals surface area (Å²) in [6.45, 7) is 5.40. The smallest absolute Gasteiger partial charge is 0.130 e. The molecular weight excluding hydrogens is 274 g/mol. The van der Waals surface area contributed by atoms with Crippen molar-refractivity contribution >= 4 is 11.6 Å². The first-order chi connectivity index (χ1) is 9.63. The highest BCUT2D eigenvalue weighted by Gasteiger charge is 2.10. The van der Waals surface area contributed by atoms with E-state index >= 15 is 0 Å². The van der Waals surface area contributed by atoms with Crippen molar-refractivity contribution in [2.24, 2.45) is 0 Å². The van der Waals surface area contributed by atoms with Gasteiger partial charge in [0.15, 0.2) is 0 Å². The fourth-order valence-corrected chi connectivity index (χ4v) is 2.32. The van der Waals surface area contributed by atoms with Gasteiger partial charge in [-0.2, -0.15) is 0 Å². The monoisotopic (exact) mass is 293 g/mol. The maximum atomic E-state index is 6.21. The van der Waals surface area contributed by atoms with E-state index < -0.39 is 0 Å². The normalized spacial score (nSPS) is 11.1. The topological polar surface area (TPSA) is 39.1 Å². The van der Waals surface area contributed by atoms with Crippen LogP contribution in [-0.2, 0) is 13.2 Å². The molecule has 0 aliphatic carbocycles. The molecule has 1 heterocycles. The minimum atomic E-state index is 0.368. The van der Waals surface area contributed by atoms with E-state index in [1.54, 1.807) is 0 Å². The molecule has 0 unspecified atom stereocenters. The third-order valence-corrected chi connectivity index (χ3v) is 3.46. The minimum absolute atomic E-state index is 0.368. The lowest BCUT2D eigenvalue weighted by molar-refractivity contribution is 0.288. The second kappa shape index (κ2) is 6.77. The summed E-state index contributed by atoms with van der Waals surface area (Å²) in [5, 5.41) is 3.82. The first-order valence-corrected chi connectivity index (χ1v) is 7.06. The predicted molar refractivity (Wildman–Crippen MR) is 81.2 cm³/mol. The van der Waals surface area contributed by atoms with Crippen LogP contribution in [0.25, 0.3) is 0 Å². The van der Waals surface area contributed by atoms with E-state index in [1.165, 1.54) is 0 Å². The van der Waals surface area contributed by atoms with Crippen molar-refractivity contribution in [2.75, 3.05) is 7.05 Å². The summed E-state index contributed by atoms with van der Waals surface area (Å²) in [7, 11) is 1.89. The molecule has 0 spiro atoms. The summed E-state index contributed by atoms with van der Waals surface area (Å²) < 4.78 is 8.02. The summed E-state index contributed by atoms with van der Waals surface area (Å²) in [4.78, 5) is 4.18. The summed E-state index contributed by atoms with van der Waals surface area (Å²) in [5.41, 5.74) is 2.03. The molecule has 0 aliphatic heterocycles. The van der Waals surface area contributed by atoms with Crippen LogP contribution in [-0.4, -0.2) is 16.6 Å². The molecule has 20 heavy (non-hydrogen) atoms. The summed E-state index contributed by atoms with van der Waals surface area (Å²) >= 11 is 6.21. The molecule has 2 aromatic rings. The molecule has 0 aliphatic rings. The number of nitrogens with one attached hydrogen (secondary N) is 1. The molecule has 0 saturated heterocycles. The van der Waals surface area contributed by atoms with Gasteiger partial charge in [-0.05, 0) is 33.0 Å². The molecule has 0 saturated carbocycles. The molecular formula is C15H20ClN3O.